The molecule has 0 aliphatic rings. The molecule has 2 aromatic rings. The lowest BCUT2D eigenvalue weighted by Gasteiger charge is -2.09. The fourth-order valence-corrected chi connectivity index (χ4v) is 2.50. The van der Waals surface area contributed by atoms with Crippen LogP contribution in [0.5, 0.6) is 5.75 Å². The van der Waals surface area contributed by atoms with Crippen molar-refractivity contribution < 1.29 is 4.74 Å². The van der Waals surface area contributed by atoms with E-state index in [-0.39, 0.29) is 0 Å². The molecule has 5 nitrogen and oxygen atoms in total. The first-order chi connectivity index (χ1) is 8.70. The van der Waals surface area contributed by atoms with Gasteiger partial charge < -0.3 is 10.2 Å². The van der Waals surface area contributed by atoms with Crippen LogP contribution in [0.3, 0.4) is 0 Å². The third kappa shape index (κ3) is 3.18. The van der Waals surface area contributed by atoms with Gasteiger partial charge in [0.15, 0.2) is 5.82 Å². The van der Waals surface area contributed by atoms with E-state index in [2.05, 4.69) is 47.3 Å². The maximum atomic E-state index is 5.68. The van der Waals surface area contributed by atoms with Crippen molar-refractivity contribution in [1.82, 2.24) is 9.97 Å². The topological polar surface area (TPSA) is 73.1 Å². The first-order valence-electron chi connectivity index (χ1n) is 5.05. The highest BCUT2D eigenvalue weighted by Gasteiger charge is 2.06. The molecule has 7 heteroatoms. The average molecular weight is 374 g/mol. The Morgan fingerprint density at radius 1 is 1.17 bits per heavy atom. The summed E-state index contributed by atoms with van der Waals surface area (Å²) < 4.78 is 7.44. The number of benzene rings is 1. The van der Waals surface area contributed by atoms with Crippen LogP contribution in [-0.4, -0.2) is 9.97 Å². The summed E-state index contributed by atoms with van der Waals surface area (Å²) in [5, 5.41) is 0. The Morgan fingerprint density at radius 2 is 1.89 bits per heavy atom. The van der Waals surface area contributed by atoms with Gasteiger partial charge in [-0.1, -0.05) is 6.07 Å². The predicted octanol–water partition coefficient (Wildman–Crippen LogP) is 2.87. The summed E-state index contributed by atoms with van der Waals surface area (Å²) >= 11 is 6.85. The quantitative estimate of drug-likeness (QED) is 0.636. The van der Waals surface area contributed by atoms with E-state index in [1.165, 1.54) is 0 Å². The maximum absolute atomic E-state index is 5.68. The Balaban J connectivity index is 2.06. The van der Waals surface area contributed by atoms with E-state index >= 15 is 0 Å². The van der Waals surface area contributed by atoms with E-state index in [1.807, 2.05) is 18.2 Å². The first-order valence-corrected chi connectivity index (χ1v) is 6.63. The van der Waals surface area contributed by atoms with Crippen molar-refractivity contribution in [3.63, 3.8) is 0 Å². The molecule has 0 saturated heterocycles. The van der Waals surface area contributed by atoms with Crippen LogP contribution in [0.4, 0.5) is 5.82 Å². The normalized spacial score (nSPS) is 10.2. The highest BCUT2D eigenvalue weighted by molar-refractivity contribution is 9.11. The number of hydrogen-bond acceptors (Lipinski definition) is 5. The number of nitrogen functional groups attached to an aromatic ring is 1. The highest BCUT2D eigenvalue weighted by Crippen LogP contribution is 2.33. The fraction of sp³-hybridized carbons (Fsp3) is 0.0909. The van der Waals surface area contributed by atoms with Gasteiger partial charge in [0, 0.05) is 0 Å². The van der Waals surface area contributed by atoms with Crippen LogP contribution >= 0.6 is 31.9 Å². The molecule has 0 amide bonds. The van der Waals surface area contributed by atoms with E-state index in [9.17, 15) is 0 Å². The molecule has 0 bridgehead atoms. The average Bonchev–Trinajstić information content (AvgIpc) is 2.39. The van der Waals surface area contributed by atoms with Crippen molar-refractivity contribution in [3.05, 3.63) is 45.2 Å². The lowest BCUT2D eigenvalue weighted by molar-refractivity contribution is 0.297. The van der Waals surface area contributed by atoms with Crippen LogP contribution in [0.25, 0.3) is 0 Å². The van der Waals surface area contributed by atoms with Crippen molar-refractivity contribution >= 4 is 37.7 Å². The number of hydrazine groups is 1. The molecule has 94 valence electrons. The van der Waals surface area contributed by atoms with Crippen LogP contribution < -0.4 is 16.0 Å². The molecule has 0 aliphatic carbocycles. The third-order valence-electron chi connectivity index (χ3n) is 2.14. The maximum Gasteiger partial charge on any atom is 0.158 e. The number of para-hydroxylation sites is 1. The summed E-state index contributed by atoms with van der Waals surface area (Å²) in [6, 6.07) is 5.74. The largest absolute Gasteiger partial charge is 0.485 e. The van der Waals surface area contributed by atoms with E-state index in [0.717, 1.165) is 20.4 Å². The molecule has 0 saturated carbocycles. The molecular weight excluding hydrogens is 364 g/mol. The number of ether oxygens (including phenoxy) is 1. The molecular formula is C11H10Br2N4O. The van der Waals surface area contributed by atoms with Crippen molar-refractivity contribution in [2.75, 3.05) is 5.43 Å². The molecule has 0 aliphatic heterocycles. The Labute approximate surface area is 121 Å². The van der Waals surface area contributed by atoms with Gasteiger partial charge in [0.05, 0.1) is 27.0 Å². The molecule has 1 aromatic heterocycles. The molecule has 2 rings (SSSR count). The number of rotatable bonds is 4. The molecule has 0 spiro atoms. The van der Waals surface area contributed by atoms with Gasteiger partial charge >= 0.3 is 0 Å². The van der Waals surface area contributed by atoms with Crippen LogP contribution in [0, 0.1) is 0 Å². The second-order valence-corrected chi connectivity index (χ2v) is 5.09. The molecule has 0 radical (unpaired) electrons. The molecule has 0 atom stereocenters. The van der Waals surface area contributed by atoms with Crippen LogP contribution in [0.1, 0.15) is 5.69 Å². The van der Waals surface area contributed by atoms with Gasteiger partial charge in [-0.05, 0) is 44.0 Å². The number of hydrogen-bond donors (Lipinski definition) is 2. The molecule has 0 unspecified atom stereocenters. The number of anilines is 1. The summed E-state index contributed by atoms with van der Waals surface area (Å²) in [6.07, 6.45) is 3.16. The van der Waals surface area contributed by atoms with Gasteiger partial charge in [0.25, 0.3) is 0 Å². The number of halogens is 2. The molecule has 18 heavy (non-hydrogen) atoms. The number of nitrogens with two attached hydrogens (primary N) is 1. The van der Waals surface area contributed by atoms with Crippen molar-refractivity contribution in [2.45, 2.75) is 6.61 Å². The molecule has 0 fully saturated rings. The van der Waals surface area contributed by atoms with Gasteiger partial charge in [-0.2, -0.15) is 0 Å². The highest BCUT2D eigenvalue weighted by atomic mass is 79.9. The van der Waals surface area contributed by atoms with Crippen LogP contribution in [-0.2, 0) is 6.61 Å². The lowest BCUT2D eigenvalue weighted by Crippen LogP contribution is -2.09. The van der Waals surface area contributed by atoms with E-state index in [1.54, 1.807) is 12.4 Å². The van der Waals surface area contributed by atoms with Crippen LogP contribution in [0.2, 0.25) is 0 Å². The zero-order valence-corrected chi connectivity index (χ0v) is 12.4. The summed E-state index contributed by atoms with van der Waals surface area (Å²) in [4.78, 5) is 8.22. The first kappa shape index (κ1) is 13.3. The van der Waals surface area contributed by atoms with Crippen LogP contribution in [0.15, 0.2) is 39.5 Å². The van der Waals surface area contributed by atoms with E-state index in [4.69, 9.17) is 10.6 Å². The minimum absolute atomic E-state index is 0.332. The van der Waals surface area contributed by atoms with Gasteiger partial charge in [0.1, 0.15) is 12.4 Å². The summed E-state index contributed by atoms with van der Waals surface area (Å²) in [7, 11) is 0. The Hall–Kier alpha value is -1.18. The number of nitrogens with one attached hydrogen (secondary N) is 1. The van der Waals surface area contributed by atoms with Gasteiger partial charge in [-0.15, -0.1) is 0 Å². The van der Waals surface area contributed by atoms with Crippen molar-refractivity contribution in [1.29, 1.82) is 0 Å². The smallest absolute Gasteiger partial charge is 0.158 e. The summed E-state index contributed by atoms with van der Waals surface area (Å²) in [6.45, 7) is 0.332. The van der Waals surface area contributed by atoms with E-state index < -0.39 is 0 Å². The molecule has 3 N–H and O–H groups in total. The monoisotopic (exact) mass is 372 g/mol. The Bertz CT molecular complexity index is 513. The third-order valence-corrected chi connectivity index (χ3v) is 3.39. The van der Waals surface area contributed by atoms with Gasteiger partial charge in [0.2, 0.25) is 0 Å². The second-order valence-electron chi connectivity index (χ2n) is 3.38. The Kier molecular flexibility index (Phi) is 4.51. The Morgan fingerprint density at radius 3 is 2.44 bits per heavy atom. The minimum atomic E-state index is 0.332. The fourth-order valence-electron chi connectivity index (χ4n) is 1.27. The number of nitrogens with zero attached hydrogens (tertiary/aromatic N) is 2. The SMILES string of the molecule is NNc1cnc(COc2c(Br)cccc2Br)cn1. The summed E-state index contributed by atoms with van der Waals surface area (Å²) in [5.74, 6) is 6.46. The zero-order valence-electron chi connectivity index (χ0n) is 9.23. The molecule has 1 heterocycles. The zero-order chi connectivity index (χ0) is 13.0. The number of aromatic nitrogens is 2. The van der Waals surface area contributed by atoms with Crippen molar-refractivity contribution in [3.8, 4) is 5.75 Å². The standard InChI is InChI=1S/C11H10Br2N4O/c12-8-2-1-3-9(13)11(8)18-6-7-4-16-10(17-14)5-15-7/h1-5H,6,14H2,(H,16,17). The van der Waals surface area contributed by atoms with Crippen molar-refractivity contribution in [2.24, 2.45) is 5.84 Å². The van der Waals surface area contributed by atoms with Gasteiger partial charge in [-0.25, -0.2) is 10.8 Å². The predicted molar refractivity (Wildman–Crippen MR) is 76.0 cm³/mol. The van der Waals surface area contributed by atoms with E-state index in [0.29, 0.717) is 12.4 Å². The summed E-state index contributed by atoms with van der Waals surface area (Å²) in [5.41, 5.74) is 3.14. The minimum Gasteiger partial charge on any atom is -0.485 e. The second kappa shape index (κ2) is 6.12. The van der Waals surface area contributed by atoms with Gasteiger partial charge in [-0.3, -0.25) is 4.98 Å². The molecule has 1 aromatic carbocycles. The lowest BCUT2D eigenvalue weighted by atomic mass is 10.3.